The van der Waals surface area contributed by atoms with Crippen molar-refractivity contribution in [3.05, 3.63) is 23.7 Å². The zero-order chi connectivity index (χ0) is 12.3. The molecular weight excluding hydrogens is 252 g/mol. The number of hydrogen-bond donors (Lipinski definition) is 1. The second kappa shape index (κ2) is 6.81. The lowest BCUT2D eigenvalue weighted by molar-refractivity contribution is 0.0754. The summed E-state index contributed by atoms with van der Waals surface area (Å²) in [5.41, 5.74) is 0. The molecule has 1 saturated heterocycles. The lowest BCUT2D eigenvalue weighted by Crippen LogP contribution is -2.30. The van der Waals surface area contributed by atoms with Crippen molar-refractivity contribution in [3.63, 3.8) is 0 Å². The Hall–Kier alpha value is -1.00. The third-order valence-electron chi connectivity index (χ3n) is 3.29. The predicted octanol–water partition coefficient (Wildman–Crippen LogP) is 1.95. The Labute approximate surface area is 114 Å². The summed E-state index contributed by atoms with van der Waals surface area (Å²) in [6.45, 7) is 4.67. The van der Waals surface area contributed by atoms with Gasteiger partial charge in [0, 0.05) is 19.5 Å². The number of hydrogen-bond acceptors (Lipinski definition) is 3. The monoisotopic (exact) mass is 272 g/mol. The second-order valence-corrected chi connectivity index (χ2v) is 4.58. The van der Waals surface area contributed by atoms with Gasteiger partial charge < -0.3 is 14.6 Å². The van der Waals surface area contributed by atoms with Crippen molar-refractivity contribution in [1.29, 1.82) is 0 Å². The summed E-state index contributed by atoms with van der Waals surface area (Å²) in [5, 5.41) is 3.16. The molecule has 102 valence electrons. The Bertz CT molecular complexity index is 392. The van der Waals surface area contributed by atoms with E-state index in [0.29, 0.717) is 11.7 Å². The van der Waals surface area contributed by atoms with E-state index in [-0.39, 0.29) is 18.3 Å². The summed E-state index contributed by atoms with van der Waals surface area (Å²) >= 11 is 0. The summed E-state index contributed by atoms with van der Waals surface area (Å²) in [4.78, 5) is 14.0. The van der Waals surface area contributed by atoms with Gasteiger partial charge in [-0.2, -0.15) is 0 Å². The van der Waals surface area contributed by atoms with E-state index < -0.39 is 0 Å². The molecule has 1 atom stereocenters. The molecule has 1 N–H and O–H groups in total. The van der Waals surface area contributed by atoms with Crippen molar-refractivity contribution in [3.8, 4) is 0 Å². The molecule has 0 saturated carbocycles. The Balaban J connectivity index is 0.00000162. The number of nitrogens with one attached hydrogen (secondary N) is 1. The minimum atomic E-state index is 0. The van der Waals surface area contributed by atoms with Crippen molar-refractivity contribution in [2.24, 2.45) is 5.92 Å². The second-order valence-electron chi connectivity index (χ2n) is 4.58. The normalized spacial score (nSPS) is 18.8. The molecule has 1 amide bonds. The van der Waals surface area contributed by atoms with Gasteiger partial charge in [-0.15, -0.1) is 12.4 Å². The number of carbonyl (C=O) groups is 1. The number of likely N-dealkylation sites (tertiary alicyclic amines) is 1. The quantitative estimate of drug-likeness (QED) is 0.911. The fourth-order valence-corrected chi connectivity index (χ4v) is 2.31. The van der Waals surface area contributed by atoms with Crippen molar-refractivity contribution in [2.45, 2.75) is 19.8 Å². The molecular formula is C13H21ClN2O2. The number of furan rings is 1. The molecule has 0 aromatic carbocycles. The standard InChI is InChI=1S/C13H20N2O2.ClH/c1-3-11-4-5-12(17-11)13(16)15-7-6-10(9-15)8-14-2;/h4-5,10,14H,3,6-9H2,1-2H3;1H. The molecule has 0 aliphatic carbocycles. The van der Waals surface area contributed by atoms with Crippen LogP contribution in [0.25, 0.3) is 0 Å². The zero-order valence-corrected chi connectivity index (χ0v) is 11.8. The molecule has 18 heavy (non-hydrogen) atoms. The fraction of sp³-hybridized carbons (Fsp3) is 0.615. The third-order valence-corrected chi connectivity index (χ3v) is 3.29. The molecule has 1 unspecified atom stereocenters. The van der Waals surface area contributed by atoms with Crippen LogP contribution in [-0.2, 0) is 6.42 Å². The maximum atomic E-state index is 12.1. The third kappa shape index (κ3) is 3.27. The van der Waals surface area contributed by atoms with Crippen molar-refractivity contribution < 1.29 is 9.21 Å². The molecule has 4 nitrogen and oxygen atoms in total. The van der Waals surface area contributed by atoms with Gasteiger partial charge >= 0.3 is 0 Å². The van der Waals surface area contributed by atoms with Gasteiger partial charge in [0.1, 0.15) is 5.76 Å². The van der Waals surface area contributed by atoms with Gasteiger partial charge in [0.05, 0.1) is 0 Å². The average molecular weight is 273 g/mol. The Kier molecular flexibility index (Phi) is 5.69. The summed E-state index contributed by atoms with van der Waals surface area (Å²) in [6, 6.07) is 3.67. The van der Waals surface area contributed by atoms with Crippen LogP contribution in [0, 0.1) is 5.92 Å². The number of carbonyl (C=O) groups excluding carboxylic acids is 1. The summed E-state index contributed by atoms with van der Waals surface area (Å²) in [5.74, 6) is 1.96. The minimum absolute atomic E-state index is 0. The molecule has 0 spiro atoms. The number of aryl methyl sites for hydroxylation is 1. The van der Waals surface area contributed by atoms with E-state index in [2.05, 4.69) is 5.32 Å². The van der Waals surface area contributed by atoms with E-state index in [9.17, 15) is 4.79 Å². The lowest BCUT2D eigenvalue weighted by Gasteiger charge is -2.14. The van der Waals surface area contributed by atoms with Crippen LogP contribution in [0.5, 0.6) is 0 Å². The van der Waals surface area contributed by atoms with Gasteiger partial charge in [-0.1, -0.05) is 6.92 Å². The van der Waals surface area contributed by atoms with Crippen molar-refractivity contribution in [2.75, 3.05) is 26.7 Å². The minimum Gasteiger partial charge on any atom is -0.456 e. The largest absolute Gasteiger partial charge is 0.456 e. The molecule has 1 aliphatic rings. The maximum absolute atomic E-state index is 12.1. The first-order chi connectivity index (χ1) is 8.24. The van der Waals surface area contributed by atoms with Gasteiger partial charge in [-0.25, -0.2) is 0 Å². The Morgan fingerprint density at radius 3 is 2.94 bits per heavy atom. The van der Waals surface area contributed by atoms with Crippen LogP contribution in [0.2, 0.25) is 0 Å². The summed E-state index contributed by atoms with van der Waals surface area (Å²) < 4.78 is 5.50. The number of rotatable bonds is 4. The molecule has 0 radical (unpaired) electrons. The molecule has 0 bridgehead atoms. The fourth-order valence-electron chi connectivity index (χ4n) is 2.31. The molecule has 1 aliphatic heterocycles. The molecule has 1 aromatic heterocycles. The Morgan fingerprint density at radius 2 is 2.33 bits per heavy atom. The highest BCUT2D eigenvalue weighted by molar-refractivity contribution is 5.91. The van der Waals surface area contributed by atoms with Crippen LogP contribution in [0.1, 0.15) is 29.7 Å². The lowest BCUT2D eigenvalue weighted by atomic mass is 10.1. The van der Waals surface area contributed by atoms with E-state index in [0.717, 1.165) is 38.2 Å². The van der Waals surface area contributed by atoms with Crippen LogP contribution in [0.3, 0.4) is 0 Å². The molecule has 5 heteroatoms. The summed E-state index contributed by atoms with van der Waals surface area (Å²) in [6.07, 6.45) is 1.91. The number of amides is 1. The van der Waals surface area contributed by atoms with Gasteiger partial charge in [-0.05, 0) is 38.1 Å². The maximum Gasteiger partial charge on any atom is 0.289 e. The SMILES string of the molecule is CCc1ccc(C(=O)N2CCC(CNC)C2)o1.Cl. The molecule has 2 heterocycles. The van der Waals surface area contributed by atoms with Crippen LogP contribution in [0.4, 0.5) is 0 Å². The van der Waals surface area contributed by atoms with E-state index in [1.54, 1.807) is 6.07 Å². The highest BCUT2D eigenvalue weighted by Gasteiger charge is 2.27. The van der Waals surface area contributed by atoms with Crippen LogP contribution in [-0.4, -0.2) is 37.5 Å². The molecule has 1 aromatic rings. The topological polar surface area (TPSA) is 45.5 Å². The van der Waals surface area contributed by atoms with Gasteiger partial charge in [0.15, 0.2) is 5.76 Å². The first-order valence-electron chi connectivity index (χ1n) is 6.27. The number of halogens is 1. The molecule has 1 fully saturated rings. The summed E-state index contributed by atoms with van der Waals surface area (Å²) in [7, 11) is 1.95. The van der Waals surface area contributed by atoms with Crippen molar-refractivity contribution >= 4 is 18.3 Å². The zero-order valence-electron chi connectivity index (χ0n) is 10.9. The van der Waals surface area contributed by atoms with E-state index in [4.69, 9.17) is 4.42 Å². The highest BCUT2D eigenvalue weighted by atomic mass is 35.5. The van der Waals surface area contributed by atoms with Gasteiger partial charge in [-0.3, -0.25) is 4.79 Å². The predicted molar refractivity (Wildman–Crippen MR) is 73.3 cm³/mol. The van der Waals surface area contributed by atoms with Crippen molar-refractivity contribution in [1.82, 2.24) is 10.2 Å². The van der Waals surface area contributed by atoms with Crippen LogP contribution in [0.15, 0.2) is 16.5 Å². The average Bonchev–Trinajstić information content (AvgIpc) is 2.97. The first kappa shape index (κ1) is 15.1. The van der Waals surface area contributed by atoms with Gasteiger partial charge in [0.2, 0.25) is 0 Å². The number of nitrogens with zero attached hydrogens (tertiary/aromatic N) is 1. The smallest absolute Gasteiger partial charge is 0.289 e. The van der Waals surface area contributed by atoms with E-state index in [1.165, 1.54) is 0 Å². The first-order valence-corrected chi connectivity index (χ1v) is 6.27. The highest BCUT2D eigenvalue weighted by Crippen LogP contribution is 2.19. The molecule has 2 rings (SSSR count). The van der Waals surface area contributed by atoms with E-state index >= 15 is 0 Å². The van der Waals surface area contributed by atoms with Crippen LogP contribution >= 0.6 is 12.4 Å². The van der Waals surface area contributed by atoms with E-state index in [1.807, 2.05) is 24.9 Å². The Morgan fingerprint density at radius 1 is 1.56 bits per heavy atom. The van der Waals surface area contributed by atoms with Crippen LogP contribution < -0.4 is 5.32 Å². The van der Waals surface area contributed by atoms with Gasteiger partial charge in [0.25, 0.3) is 5.91 Å².